The van der Waals surface area contributed by atoms with Gasteiger partial charge in [-0.2, -0.15) is 13.2 Å². The average Bonchev–Trinajstić information content (AvgIpc) is 2.13. The normalized spacial score (nSPS) is 34.9. The molecule has 0 N–H and O–H groups in total. The molecule has 2 atom stereocenters. The van der Waals surface area contributed by atoms with Gasteiger partial charge in [-0.05, 0) is 24.7 Å². The molecule has 16 heavy (non-hydrogen) atoms. The number of hydrogen-bond donors (Lipinski definition) is 0. The first-order chi connectivity index (χ1) is 7.39. The Labute approximate surface area is 91.2 Å². The average molecular weight is 234 g/mol. The van der Waals surface area contributed by atoms with Crippen molar-refractivity contribution in [2.75, 3.05) is 0 Å². The van der Waals surface area contributed by atoms with E-state index >= 15 is 0 Å². The molecular weight excluding hydrogens is 221 g/mol. The van der Waals surface area contributed by atoms with Crippen LogP contribution in [0.2, 0.25) is 0 Å². The van der Waals surface area contributed by atoms with Gasteiger partial charge in [0, 0.05) is 18.8 Å². The van der Waals surface area contributed by atoms with Crippen LogP contribution in [0.3, 0.4) is 0 Å². The molecule has 2 rings (SSSR count). The third kappa shape index (κ3) is 1.99. The van der Waals surface area contributed by atoms with Gasteiger partial charge < -0.3 is 0 Å². The van der Waals surface area contributed by atoms with Gasteiger partial charge in [-0.25, -0.2) is 0 Å². The molecule has 2 bridgehead atoms. The van der Waals surface area contributed by atoms with E-state index in [1.165, 1.54) is 0 Å². The zero-order valence-electron chi connectivity index (χ0n) is 8.72. The fourth-order valence-corrected chi connectivity index (χ4v) is 3.13. The summed E-state index contributed by atoms with van der Waals surface area (Å²) in [5.41, 5.74) is 0. The maximum atomic E-state index is 12.4. The molecule has 2 nitrogen and oxygen atoms in total. The quantitative estimate of drug-likeness (QED) is 0.698. The fourth-order valence-electron chi connectivity index (χ4n) is 3.13. The summed E-state index contributed by atoms with van der Waals surface area (Å²) in [5.74, 6) is -3.29. The van der Waals surface area contributed by atoms with Crippen molar-refractivity contribution in [3.63, 3.8) is 0 Å². The van der Waals surface area contributed by atoms with Crippen LogP contribution in [0.4, 0.5) is 13.2 Å². The van der Waals surface area contributed by atoms with Gasteiger partial charge in [0.15, 0.2) is 0 Å². The summed E-state index contributed by atoms with van der Waals surface area (Å²) in [5, 5.41) is 0. The van der Waals surface area contributed by atoms with Crippen LogP contribution in [-0.2, 0) is 9.59 Å². The number of fused-ring (bicyclic) bond motifs is 2. The van der Waals surface area contributed by atoms with Gasteiger partial charge in [-0.1, -0.05) is 6.42 Å². The van der Waals surface area contributed by atoms with E-state index in [4.69, 9.17) is 0 Å². The molecular formula is C11H13F3O2. The summed E-state index contributed by atoms with van der Waals surface area (Å²) in [6, 6.07) is 0. The number of Topliss-reactive ketones (excluding diaryl/α,β-unsaturated/α-hetero) is 2. The highest BCUT2D eigenvalue weighted by atomic mass is 19.4. The Morgan fingerprint density at radius 3 is 2.06 bits per heavy atom. The molecule has 0 spiro atoms. The SMILES string of the molecule is O=C1CC2CCCC(C1)C2C(=O)C(F)(F)F. The van der Waals surface area contributed by atoms with Gasteiger partial charge in [0.05, 0.1) is 0 Å². The van der Waals surface area contributed by atoms with E-state index in [0.29, 0.717) is 12.8 Å². The number of hydrogen-bond acceptors (Lipinski definition) is 2. The first-order valence-corrected chi connectivity index (χ1v) is 5.52. The minimum absolute atomic E-state index is 0.0147. The summed E-state index contributed by atoms with van der Waals surface area (Å²) in [6.07, 6.45) is -2.45. The molecule has 2 saturated carbocycles. The van der Waals surface area contributed by atoms with Crippen molar-refractivity contribution in [1.29, 1.82) is 0 Å². The van der Waals surface area contributed by atoms with Crippen molar-refractivity contribution < 1.29 is 22.8 Å². The zero-order valence-corrected chi connectivity index (χ0v) is 8.72. The smallest absolute Gasteiger partial charge is 0.300 e. The maximum Gasteiger partial charge on any atom is 0.450 e. The molecule has 0 radical (unpaired) electrons. The zero-order chi connectivity index (χ0) is 11.9. The number of carbonyl (C=O) groups is 2. The van der Waals surface area contributed by atoms with Gasteiger partial charge in [0.25, 0.3) is 0 Å². The number of carbonyl (C=O) groups excluding carboxylic acids is 2. The summed E-state index contributed by atoms with van der Waals surface area (Å²) < 4.78 is 37.2. The van der Waals surface area contributed by atoms with Crippen LogP contribution in [0, 0.1) is 17.8 Å². The first kappa shape index (κ1) is 11.6. The molecule has 2 unspecified atom stereocenters. The van der Waals surface area contributed by atoms with Crippen molar-refractivity contribution in [1.82, 2.24) is 0 Å². The lowest BCUT2D eigenvalue weighted by atomic mass is 9.62. The van der Waals surface area contributed by atoms with E-state index in [1.54, 1.807) is 0 Å². The minimum atomic E-state index is -4.75. The molecule has 90 valence electrons. The maximum absolute atomic E-state index is 12.4. The lowest BCUT2D eigenvalue weighted by Crippen LogP contribution is -2.45. The lowest BCUT2D eigenvalue weighted by Gasteiger charge is -2.40. The van der Waals surface area contributed by atoms with Gasteiger partial charge >= 0.3 is 6.18 Å². The number of alkyl halides is 3. The number of halogens is 3. The van der Waals surface area contributed by atoms with E-state index < -0.39 is 17.9 Å². The molecule has 0 aromatic heterocycles. The molecule has 0 heterocycles. The van der Waals surface area contributed by atoms with Crippen molar-refractivity contribution in [3.8, 4) is 0 Å². The standard InChI is InChI=1S/C11H13F3O2/c12-11(13,14)10(16)9-6-2-1-3-7(9)5-8(15)4-6/h6-7,9H,1-5H2. The number of ketones is 2. The van der Waals surface area contributed by atoms with Crippen LogP contribution >= 0.6 is 0 Å². The molecule has 0 amide bonds. The second-order valence-corrected chi connectivity index (χ2v) is 4.79. The fraction of sp³-hybridized carbons (Fsp3) is 0.818. The molecule has 0 aromatic rings. The predicted octanol–water partition coefficient (Wildman–Crippen LogP) is 2.51. The topological polar surface area (TPSA) is 34.1 Å². The van der Waals surface area contributed by atoms with Crippen LogP contribution in [0.15, 0.2) is 0 Å². The van der Waals surface area contributed by atoms with Crippen LogP contribution < -0.4 is 0 Å². The summed E-state index contributed by atoms with van der Waals surface area (Å²) in [4.78, 5) is 22.6. The Morgan fingerprint density at radius 2 is 1.62 bits per heavy atom. The van der Waals surface area contributed by atoms with E-state index in [9.17, 15) is 22.8 Å². The van der Waals surface area contributed by atoms with Gasteiger partial charge in [-0.15, -0.1) is 0 Å². The molecule has 0 aliphatic heterocycles. The predicted molar refractivity (Wildman–Crippen MR) is 49.6 cm³/mol. The van der Waals surface area contributed by atoms with Crippen molar-refractivity contribution in [3.05, 3.63) is 0 Å². The third-order valence-corrected chi connectivity index (χ3v) is 3.73. The highest BCUT2D eigenvalue weighted by Crippen LogP contribution is 2.45. The second kappa shape index (κ2) is 3.86. The Hall–Kier alpha value is -0.870. The van der Waals surface area contributed by atoms with Crippen molar-refractivity contribution in [2.45, 2.75) is 38.3 Å². The lowest BCUT2D eigenvalue weighted by molar-refractivity contribution is -0.182. The van der Waals surface area contributed by atoms with Crippen LogP contribution in [0.1, 0.15) is 32.1 Å². The second-order valence-electron chi connectivity index (χ2n) is 4.79. The Balaban J connectivity index is 2.21. The molecule has 5 heteroatoms. The molecule has 0 saturated heterocycles. The highest BCUT2D eigenvalue weighted by Gasteiger charge is 2.52. The molecule has 2 aliphatic rings. The van der Waals surface area contributed by atoms with Crippen molar-refractivity contribution >= 4 is 11.6 Å². The van der Waals surface area contributed by atoms with Gasteiger partial charge in [0.1, 0.15) is 5.78 Å². The molecule has 2 fully saturated rings. The number of rotatable bonds is 1. The van der Waals surface area contributed by atoms with E-state index in [0.717, 1.165) is 6.42 Å². The van der Waals surface area contributed by atoms with Crippen LogP contribution in [0.5, 0.6) is 0 Å². The third-order valence-electron chi connectivity index (χ3n) is 3.73. The van der Waals surface area contributed by atoms with Gasteiger partial charge in [-0.3, -0.25) is 9.59 Å². The Morgan fingerprint density at radius 1 is 1.12 bits per heavy atom. The minimum Gasteiger partial charge on any atom is -0.300 e. The Kier molecular flexibility index (Phi) is 2.80. The summed E-state index contributed by atoms with van der Waals surface area (Å²) in [6.45, 7) is 0. The van der Waals surface area contributed by atoms with Crippen LogP contribution in [-0.4, -0.2) is 17.7 Å². The highest BCUT2D eigenvalue weighted by molar-refractivity contribution is 5.90. The first-order valence-electron chi connectivity index (χ1n) is 5.52. The van der Waals surface area contributed by atoms with E-state index in [-0.39, 0.29) is 30.5 Å². The van der Waals surface area contributed by atoms with Crippen LogP contribution in [0.25, 0.3) is 0 Å². The monoisotopic (exact) mass is 234 g/mol. The van der Waals surface area contributed by atoms with Crippen molar-refractivity contribution in [2.24, 2.45) is 17.8 Å². The summed E-state index contributed by atoms with van der Waals surface area (Å²) >= 11 is 0. The largest absolute Gasteiger partial charge is 0.450 e. The molecule has 2 aliphatic carbocycles. The molecule has 0 aromatic carbocycles. The summed E-state index contributed by atoms with van der Waals surface area (Å²) in [7, 11) is 0. The van der Waals surface area contributed by atoms with E-state index in [2.05, 4.69) is 0 Å². The van der Waals surface area contributed by atoms with Gasteiger partial charge in [0.2, 0.25) is 5.78 Å². The Bertz CT molecular complexity index is 306. The van der Waals surface area contributed by atoms with E-state index in [1.807, 2.05) is 0 Å².